The molecule has 11 heteroatoms. The van der Waals surface area contributed by atoms with E-state index in [0.717, 1.165) is 24.8 Å². The third kappa shape index (κ3) is 6.41. The van der Waals surface area contributed by atoms with Gasteiger partial charge >= 0.3 is 5.69 Å². The first-order chi connectivity index (χ1) is 17.4. The van der Waals surface area contributed by atoms with Crippen molar-refractivity contribution in [3.05, 3.63) is 51.0 Å². The van der Waals surface area contributed by atoms with Crippen molar-refractivity contribution in [1.82, 2.24) is 19.7 Å². The molecule has 3 aromatic rings. The average molecular weight is 499 g/mol. The van der Waals surface area contributed by atoms with Crippen LogP contribution < -0.4 is 26.6 Å². The Hall–Kier alpha value is -3.89. The molecule has 194 valence electrons. The Morgan fingerprint density at radius 2 is 1.86 bits per heavy atom. The molecule has 0 atom stereocenters. The summed E-state index contributed by atoms with van der Waals surface area (Å²) in [4.78, 5) is 46.5. The van der Waals surface area contributed by atoms with Gasteiger partial charge in [-0.1, -0.05) is 38.3 Å². The first-order valence-corrected chi connectivity index (χ1v) is 12.3. The van der Waals surface area contributed by atoms with Crippen molar-refractivity contribution in [2.24, 2.45) is 0 Å². The zero-order chi connectivity index (χ0) is 26.1. The van der Waals surface area contributed by atoms with Crippen molar-refractivity contribution in [1.29, 1.82) is 0 Å². The SMILES string of the molecule is CCCCCN(C(=O)CCc1nc(-c2ccc(OC)cc2)no1)c1c(N)n(CCCC)c(=O)[nH]c1=O. The molecule has 0 spiro atoms. The molecule has 1 aromatic carbocycles. The van der Waals surface area contributed by atoms with Crippen LogP contribution in [0.3, 0.4) is 0 Å². The smallest absolute Gasteiger partial charge is 0.330 e. The minimum Gasteiger partial charge on any atom is -0.497 e. The Labute approximate surface area is 209 Å². The fraction of sp³-hybridized carbons (Fsp3) is 0.480. The lowest BCUT2D eigenvalue weighted by Gasteiger charge is -2.24. The third-order valence-corrected chi connectivity index (χ3v) is 5.87. The number of nitrogens with zero attached hydrogens (tertiary/aromatic N) is 4. The summed E-state index contributed by atoms with van der Waals surface area (Å²) in [5.41, 5.74) is 5.78. The largest absolute Gasteiger partial charge is 0.497 e. The summed E-state index contributed by atoms with van der Waals surface area (Å²) in [6.07, 6.45) is 4.31. The van der Waals surface area contributed by atoms with Gasteiger partial charge < -0.3 is 19.9 Å². The van der Waals surface area contributed by atoms with Crippen LogP contribution in [0.4, 0.5) is 11.5 Å². The number of hydrogen-bond donors (Lipinski definition) is 2. The van der Waals surface area contributed by atoms with Crippen molar-refractivity contribution >= 4 is 17.4 Å². The molecule has 1 amide bonds. The molecule has 0 aliphatic rings. The molecule has 0 fully saturated rings. The average Bonchev–Trinajstić information content (AvgIpc) is 3.35. The molecule has 0 aliphatic heterocycles. The number of aromatic nitrogens is 4. The maximum Gasteiger partial charge on any atom is 0.330 e. The fourth-order valence-corrected chi connectivity index (χ4v) is 3.82. The van der Waals surface area contributed by atoms with E-state index in [9.17, 15) is 14.4 Å². The number of aromatic amines is 1. The van der Waals surface area contributed by atoms with Crippen LogP contribution in [-0.2, 0) is 17.8 Å². The Morgan fingerprint density at radius 1 is 1.14 bits per heavy atom. The number of aryl methyl sites for hydroxylation is 1. The number of carbonyl (C=O) groups is 1. The standard InChI is InChI=1S/C25H34N6O5/c1-4-6-8-16-30(21-22(26)31(15-7-5-2)25(34)28-24(21)33)20(32)14-13-19-27-23(29-36-19)17-9-11-18(35-3)12-10-17/h9-12H,4-8,13-16,26H2,1-3H3,(H,28,33,34). The Morgan fingerprint density at radius 3 is 2.53 bits per heavy atom. The minimum atomic E-state index is -0.672. The second kappa shape index (κ2) is 12.7. The van der Waals surface area contributed by atoms with E-state index in [1.165, 1.54) is 9.47 Å². The van der Waals surface area contributed by atoms with Crippen LogP contribution in [0.15, 0.2) is 38.4 Å². The van der Waals surface area contributed by atoms with E-state index in [-0.39, 0.29) is 30.3 Å². The number of anilines is 2. The molecular formula is C25H34N6O5. The molecule has 0 saturated heterocycles. The van der Waals surface area contributed by atoms with Crippen LogP contribution in [0, 0.1) is 0 Å². The van der Waals surface area contributed by atoms with Crippen molar-refractivity contribution in [2.75, 3.05) is 24.3 Å². The van der Waals surface area contributed by atoms with Crippen molar-refractivity contribution in [2.45, 2.75) is 65.3 Å². The van der Waals surface area contributed by atoms with Crippen LogP contribution in [-0.4, -0.2) is 39.3 Å². The molecular weight excluding hydrogens is 464 g/mol. The highest BCUT2D eigenvalue weighted by atomic mass is 16.5. The number of hydrogen-bond acceptors (Lipinski definition) is 8. The van der Waals surface area contributed by atoms with E-state index in [1.54, 1.807) is 19.2 Å². The van der Waals surface area contributed by atoms with E-state index < -0.39 is 11.2 Å². The molecule has 0 unspecified atom stereocenters. The lowest BCUT2D eigenvalue weighted by atomic mass is 10.2. The predicted octanol–water partition coefficient (Wildman–Crippen LogP) is 3.13. The molecule has 0 radical (unpaired) electrons. The maximum absolute atomic E-state index is 13.3. The van der Waals surface area contributed by atoms with Gasteiger partial charge in [0.2, 0.25) is 17.6 Å². The fourth-order valence-electron chi connectivity index (χ4n) is 3.82. The van der Waals surface area contributed by atoms with E-state index in [0.29, 0.717) is 43.4 Å². The van der Waals surface area contributed by atoms with Gasteiger partial charge in [-0.05, 0) is 37.1 Å². The monoisotopic (exact) mass is 498 g/mol. The lowest BCUT2D eigenvalue weighted by molar-refractivity contribution is -0.118. The molecule has 2 heterocycles. The van der Waals surface area contributed by atoms with E-state index >= 15 is 0 Å². The first kappa shape index (κ1) is 26.7. The quantitative estimate of drug-likeness (QED) is 0.341. The highest BCUT2D eigenvalue weighted by Crippen LogP contribution is 2.22. The van der Waals surface area contributed by atoms with Gasteiger partial charge in [0.25, 0.3) is 5.56 Å². The lowest BCUT2D eigenvalue weighted by Crippen LogP contribution is -2.41. The van der Waals surface area contributed by atoms with E-state index in [1.807, 2.05) is 26.0 Å². The van der Waals surface area contributed by atoms with Crippen molar-refractivity contribution in [3.8, 4) is 17.1 Å². The van der Waals surface area contributed by atoms with Crippen LogP contribution >= 0.6 is 0 Å². The van der Waals surface area contributed by atoms with Crippen LogP contribution in [0.25, 0.3) is 11.4 Å². The summed E-state index contributed by atoms with van der Waals surface area (Å²) >= 11 is 0. The number of benzene rings is 1. The number of carbonyl (C=O) groups excluding carboxylic acids is 1. The van der Waals surface area contributed by atoms with Gasteiger partial charge in [0.1, 0.15) is 11.6 Å². The zero-order valence-electron chi connectivity index (χ0n) is 21.1. The Balaban J connectivity index is 1.80. The van der Waals surface area contributed by atoms with Gasteiger partial charge in [0.15, 0.2) is 5.69 Å². The number of nitrogens with one attached hydrogen (secondary N) is 1. The maximum atomic E-state index is 13.3. The van der Waals surface area contributed by atoms with Gasteiger partial charge in [-0.25, -0.2) is 4.79 Å². The van der Waals surface area contributed by atoms with E-state index in [4.69, 9.17) is 15.0 Å². The number of ether oxygens (including phenoxy) is 1. The Kier molecular flexibility index (Phi) is 9.43. The molecule has 0 aliphatic carbocycles. The zero-order valence-corrected chi connectivity index (χ0v) is 21.1. The number of unbranched alkanes of at least 4 members (excludes halogenated alkanes) is 3. The van der Waals surface area contributed by atoms with Gasteiger partial charge in [-0.2, -0.15) is 4.98 Å². The van der Waals surface area contributed by atoms with Crippen molar-refractivity contribution < 1.29 is 14.1 Å². The van der Waals surface area contributed by atoms with Crippen LogP contribution in [0.1, 0.15) is 58.3 Å². The number of amides is 1. The summed E-state index contributed by atoms with van der Waals surface area (Å²) < 4.78 is 11.8. The topological polar surface area (TPSA) is 149 Å². The van der Waals surface area contributed by atoms with Gasteiger partial charge in [0, 0.05) is 31.5 Å². The van der Waals surface area contributed by atoms with Crippen molar-refractivity contribution in [3.63, 3.8) is 0 Å². The number of H-pyrrole nitrogens is 1. The van der Waals surface area contributed by atoms with Crippen LogP contribution in [0.2, 0.25) is 0 Å². The number of methoxy groups -OCH3 is 1. The molecule has 0 bridgehead atoms. The molecule has 11 nitrogen and oxygen atoms in total. The molecule has 0 saturated carbocycles. The predicted molar refractivity (Wildman–Crippen MR) is 137 cm³/mol. The third-order valence-electron chi connectivity index (χ3n) is 5.87. The number of rotatable bonds is 13. The molecule has 3 rings (SSSR count). The second-order valence-corrected chi connectivity index (χ2v) is 8.49. The summed E-state index contributed by atoms with van der Waals surface area (Å²) in [5, 5.41) is 4.00. The van der Waals surface area contributed by atoms with Gasteiger partial charge in [0.05, 0.1) is 7.11 Å². The van der Waals surface area contributed by atoms with Gasteiger partial charge in [-0.15, -0.1) is 0 Å². The summed E-state index contributed by atoms with van der Waals surface area (Å²) in [6, 6.07) is 7.23. The Bertz CT molecular complexity index is 1260. The van der Waals surface area contributed by atoms with Crippen LogP contribution in [0.5, 0.6) is 5.75 Å². The highest BCUT2D eigenvalue weighted by Gasteiger charge is 2.24. The minimum absolute atomic E-state index is 0.00151. The molecule has 36 heavy (non-hydrogen) atoms. The molecule has 3 N–H and O–H groups in total. The summed E-state index contributed by atoms with van der Waals surface area (Å²) in [7, 11) is 1.59. The van der Waals surface area contributed by atoms with E-state index in [2.05, 4.69) is 15.1 Å². The number of nitrogens with two attached hydrogens (primary N) is 1. The number of nitrogen functional groups attached to an aromatic ring is 1. The summed E-state index contributed by atoms with van der Waals surface area (Å²) in [6.45, 7) is 4.71. The molecule has 2 aromatic heterocycles. The van der Waals surface area contributed by atoms with Gasteiger partial charge in [-0.3, -0.25) is 19.1 Å². The second-order valence-electron chi connectivity index (χ2n) is 8.49. The highest BCUT2D eigenvalue weighted by molar-refractivity contribution is 5.95. The summed E-state index contributed by atoms with van der Waals surface area (Å²) in [5.74, 6) is 1.11. The first-order valence-electron chi connectivity index (χ1n) is 12.3. The normalized spacial score (nSPS) is 11.0.